The highest BCUT2D eigenvalue weighted by Gasteiger charge is 2.19. The SMILES string of the molecule is Cc1ccc2cc(C(=O)OOC(C)c3cc(OCC(N)=O)cc(O)c3N)cnc2n1. The first-order valence-corrected chi connectivity index (χ1v) is 8.89. The first kappa shape index (κ1) is 20.8. The predicted molar refractivity (Wildman–Crippen MR) is 106 cm³/mol. The van der Waals surface area contributed by atoms with E-state index in [4.69, 9.17) is 26.0 Å². The fourth-order valence-electron chi connectivity index (χ4n) is 2.64. The van der Waals surface area contributed by atoms with Crippen LogP contribution in [0.15, 0.2) is 36.5 Å². The van der Waals surface area contributed by atoms with Gasteiger partial charge in [0, 0.05) is 28.9 Å². The van der Waals surface area contributed by atoms with Crippen molar-refractivity contribution in [1.82, 2.24) is 9.97 Å². The second kappa shape index (κ2) is 8.62. The van der Waals surface area contributed by atoms with E-state index in [1.807, 2.05) is 6.92 Å². The average molecular weight is 412 g/mol. The number of amides is 1. The third-order valence-corrected chi connectivity index (χ3v) is 4.17. The topological polar surface area (TPSA) is 160 Å². The summed E-state index contributed by atoms with van der Waals surface area (Å²) < 4.78 is 5.17. The van der Waals surface area contributed by atoms with E-state index < -0.39 is 18.0 Å². The number of primary amides is 1. The molecule has 1 unspecified atom stereocenters. The Morgan fingerprint density at radius 3 is 2.73 bits per heavy atom. The molecule has 10 heteroatoms. The fraction of sp³-hybridized carbons (Fsp3) is 0.200. The molecule has 5 N–H and O–H groups in total. The summed E-state index contributed by atoms with van der Waals surface area (Å²) in [4.78, 5) is 41.7. The molecule has 3 aromatic rings. The zero-order valence-corrected chi connectivity index (χ0v) is 16.3. The molecule has 0 fully saturated rings. The molecule has 2 heterocycles. The van der Waals surface area contributed by atoms with Gasteiger partial charge in [-0.2, -0.15) is 4.89 Å². The Labute approximate surface area is 171 Å². The van der Waals surface area contributed by atoms with Crippen molar-refractivity contribution < 1.29 is 29.2 Å². The van der Waals surface area contributed by atoms with Crippen molar-refractivity contribution in [2.45, 2.75) is 20.0 Å². The third kappa shape index (κ3) is 4.73. The van der Waals surface area contributed by atoms with E-state index in [-0.39, 0.29) is 29.4 Å². The summed E-state index contributed by atoms with van der Waals surface area (Å²) in [6, 6.07) is 7.87. The van der Waals surface area contributed by atoms with Crippen LogP contribution >= 0.6 is 0 Å². The lowest BCUT2D eigenvalue weighted by atomic mass is 10.1. The highest BCUT2D eigenvalue weighted by atomic mass is 17.2. The van der Waals surface area contributed by atoms with Gasteiger partial charge in [-0.05, 0) is 38.1 Å². The van der Waals surface area contributed by atoms with Crippen LogP contribution in [-0.2, 0) is 14.6 Å². The normalized spacial score (nSPS) is 11.8. The van der Waals surface area contributed by atoms with Gasteiger partial charge in [-0.25, -0.2) is 14.8 Å². The van der Waals surface area contributed by atoms with Gasteiger partial charge in [0.2, 0.25) is 0 Å². The van der Waals surface area contributed by atoms with Gasteiger partial charge in [0.25, 0.3) is 5.91 Å². The molecule has 0 aliphatic rings. The Kier molecular flexibility index (Phi) is 5.98. The van der Waals surface area contributed by atoms with E-state index in [1.165, 1.54) is 18.3 Å². The zero-order chi connectivity index (χ0) is 21.8. The average Bonchev–Trinajstić information content (AvgIpc) is 2.71. The molecule has 1 amide bonds. The monoisotopic (exact) mass is 412 g/mol. The molecule has 0 bridgehead atoms. The van der Waals surface area contributed by atoms with Gasteiger partial charge in [-0.15, -0.1) is 0 Å². The maximum Gasteiger partial charge on any atom is 0.374 e. The van der Waals surface area contributed by atoms with E-state index in [2.05, 4.69) is 9.97 Å². The molecular weight excluding hydrogens is 392 g/mol. The highest BCUT2D eigenvalue weighted by Crippen LogP contribution is 2.35. The Hall–Kier alpha value is -3.92. The lowest BCUT2D eigenvalue weighted by Gasteiger charge is -2.16. The van der Waals surface area contributed by atoms with Crippen molar-refractivity contribution >= 4 is 28.6 Å². The maximum absolute atomic E-state index is 12.3. The molecule has 0 aliphatic carbocycles. The minimum atomic E-state index is -0.852. The first-order chi connectivity index (χ1) is 14.2. The Bertz CT molecular complexity index is 1120. The van der Waals surface area contributed by atoms with E-state index in [1.54, 1.807) is 25.1 Å². The standard InChI is InChI=1S/C20H20N4O6/c1-10-3-4-12-5-13(8-23-19(12)24-10)20(27)30-29-11(2)15-6-14(28-9-17(21)26)7-16(25)18(15)22/h3-8,11,25H,9,22H2,1-2H3,(H2,21,26). The van der Waals surface area contributed by atoms with Crippen LogP contribution in [0.1, 0.15) is 34.6 Å². The lowest BCUT2D eigenvalue weighted by molar-refractivity contribution is -0.272. The number of rotatable bonds is 7. The molecule has 0 saturated heterocycles. The van der Waals surface area contributed by atoms with Crippen molar-refractivity contribution in [3.8, 4) is 11.5 Å². The Balaban J connectivity index is 1.71. The van der Waals surface area contributed by atoms with Crippen LogP contribution in [0.25, 0.3) is 11.0 Å². The molecule has 0 aliphatic heterocycles. The number of nitrogen functional groups attached to an aromatic ring is 1. The lowest BCUT2D eigenvalue weighted by Crippen LogP contribution is -2.20. The molecule has 0 saturated carbocycles. The first-order valence-electron chi connectivity index (χ1n) is 8.89. The van der Waals surface area contributed by atoms with Crippen LogP contribution < -0.4 is 16.2 Å². The van der Waals surface area contributed by atoms with Gasteiger partial charge in [0.1, 0.15) is 17.6 Å². The number of aryl methyl sites for hydroxylation is 1. The van der Waals surface area contributed by atoms with Gasteiger partial charge in [0.05, 0.1) is 11.3 Å². The number of pyridine rings is 2. The van der Waals surface area contributed by atoms with Gasteiger partial charge in [-0.3, -0.25) is 9.68 Å². The molecule has 10 nitrogen and oxygen atoms in total. The summed E-state index contributed by atoms with van der Waals surface area (Å²) in [6.07, 6.45) is 0.485. The number of carbonyl (C=O) groups excluding carboxylic acids is 2. The van der Waals surface area contributed by atoms with E-state index in [9.17, 15) is 14.7 Å². The molecule has 1 atom stereocenters. The number of anilines is 1. The number of ether oxygens (including phenoxy) is 1. The molecule has 30 heavy (non-hydrogen) atoms. The molecule has 0 spiro atoms. The quantitative estimate of drug-likeness (QED) is 0.228. The van der Waals surface area contributed by atoms with Crippen molar-refractivity contribution in [2.24, 2.45) is 5.73 Å². The maximum atomic E-state index is 12.3. The molecule has 156 valence electrons. The molecule has 1 aromatic carbocycles. The molecule has 3 rings (SSSR count). The number of aromatic hydroxyl groups is 1. The van der Waals surface area contributed by atoms with Crippen molar-refractivity contribution in [2.75, 3.05) is 12.3 Å². The highest BCUT2D eigenvalue weighted by molar-refractivity contribution is 5.92. The summed E-state index contributed by atoms with van der Waals surface area (Å²) in [7, 11) is 0. The molecule has 2 aromatic heterocycles. The van der Waals surface area contributed by atoms with E-state index in [0.29, 0.717) is 16.6 Å². The summed E-state index contributed by atoms with van der Waals surface area (Å²) in [5, 5.41) is 10.6. The largest absolute Gasteiger partial charge is 0.506 e. The van der Waals surface area contributed by atoms with Crippen LogP contribution in [0.5, 0.6) is 11.5 Å². The van der Waals surface area contributed by atoms with Gasteiger partial charge < -0.3 is 21.3 Å². The Morgan fingerprint density at radius 1 is 1.23 bits per heavy atom. The van der Waals surface area contributed by atoms with E-state index >= 15 is 0 Å². The van der Waals surface area contributed by atoms with Crippen LogP contribution in [0.4, 0.5) is 5.69 Å². The number of nitrogens with zero attached hydrogens (tertiary/aromatic N) is 2. The zero-order valence-electron chi connectivity index (χ0n) is 16.3. The van der Waals surface area contributed by atoms with Gasteiger partial charge in [0.15, 0.2) is 12.3 Å². The van der Waals surface area contributed by atoms with Gasteiger partial charge >= 0.3 is 5.97 Å². The number of phenols is 1. The van der Waals surface area contributed by atoms with Crippen molar-refractivity contribution in [1.29, 1.82) is 0 Å². The number of nitrogens with two attached hydrogens (primary N) is 2. The summed E-state index contributed by atoms with van der Waals surface area (Å²) in [5.74, 6) is -1.57. The van der Waals surface area contributed by atoms with Crippen molar-refractivity contribution in [3.05, 3.63) is 53.3 Å². The number of phenolic OH excluding ortho intramolecular Hbond substituents is 1. The summed E-state index contributed by atoms with van der Waals surface area (Å²) >= 11 is 0. The van der Waals surface area contributed by atoms with Crippen molar-refractivity contribution in [3.63, 3.8) is 0 Å². The van der Waals surface area contributed by atoms with Crippen LogP contribution in [0.3, 0.4) is 0 Å². The second-order valence-corrected chi connectivity index (χ2v) is 6.53. The number of benzene rings is 1. The van der Waals surface area contributed by atoms with Gasteiger partial charge in [-0.1, -0.05) is 0 Å². The molecular formula is C20H20N4O6. The number of carbonyl (C=O) groups is 2. The predicted octanol–water partition coefficient (Wildman–Crippen LogP) is 1.94. The molecule has 0 radical (unpaired) electrons. The minimum Gasteiger partial charge on any atom is -0.506 e. The van der Waals surface area contributed by atoms with Crippen LogP contribution in [0, 0.1) is 6.92 Å². The number of fused-ring (bicyclic) bond motifs is 1. The smallest absolute Gasteiger partial charge is 0.374 e. The summed E-state index contributed by atoms with van der Waals surface area (Å²) in [5.41, 5.74) is 12.7. The minimum absolute atomic E-state index is 0.0128. The Morgan fingerprint density at radius 2 is 2.00 bits per heavy atom. The number of aromatic nitrogens is 2. The summed E-state index contributed by atoms with van der Waals surface area (Å²) in [6.45, 7) is 3.02. The number of hydrogen-bond acceptors (Lipinski definition) is 9. The van der Waals surface area contributed by atoms with Crippen LogP contribution in [-0.4, -0.2) is 33.6 Å². The van der Waals surface area contributed by atoms with Crippen LogP contribution in [0.2, 0.25) is 0 Å². The third-order valence-electron chi connectivity index (χ3n) is 4.17. The fourth-order valence-corrected chi connectivity index (χ4v) is 2.64. The second-order valence-electron chi connectivity index (χ2n) is 6.53. The number of hydrogen-bond donors (Lipinski definition) is 3. The van der Waals surface area contributed by atoms with E-state index in [0.717, 1.165) is 5.69 Å².